The first-order valence-electron chi connectivity index (χ1n) is 5.33. The second kappa shape index (κ2) is 5.53. The highest BCUT2D eigenvalue weighted by molar-refractivity contribution is 5.73. The fourth-order valence-corrected chi connectivity index (χ4v) is 1.78. The zero-order valence-electron chi connectivity index (χ0n) is 9.39. The van der Waals surface area contributed by atoms with Gasteiger partial charge in [0.05, 0.1) is 5.92 Å². The van der Waals surface area contributed by atoms with Crippen LogP contribution in [0.1, 0.15) is 19.8 Å². The lowest BCUT2D eigenvalue weighted by atomic mass is 9.94. The normalized spacial score (nSPS) is 24.9. The number of nitrogens with zero attached hydrogens (tertiary/aromatic N) is 1. The molecule has 0 unspecified atom stereocenters. The molecule has 2 atom stereocenters. The van der Waals surface area contributed by atoms with Gasteiger partial charge in [0.1, 0.15) is 6.61 Å². The van der Waals surface area contributed by atoms with E-state index in [9.17, 15) is 9.59 Å². The standard InChI is InChI=1S/C11H17NO4/c1-3-6-16-11(15)12-7-9(10(13)14)5-4-8(12)2/h3,8-9H,1,4-7H2,2H3,(H,13,14)/t8-,9+/m1/s1. The molecule has 0 bridgehead atoms. The Kier molecular flexibility index (Phi) is 4.34. The molecule has 0 radical (unpaired) electrons. The van der Waals surface area contributed by atoms with Gasteiger partial charge in [-0.2, -0.15) is 0 Å². The van der Waals surface area contributed by atoms with E-state index in [4.69, 9.17) is 9.84 Å². The molecule has 90 valence electrons. The van der Waals surface area contributed by atoms with Crippen molar-refractivity contribution in [3.8, 4) is 0 Å². The summed E-state index contributed by atoms with van der Waals surface area (Å²) < 4.78 is 4.91. The van der Waals surface area contributed by atoms with E-state index in [1.165, 1.54) is 11.0 Å². The fraction of sp³-hybridized carbons (Fsp3) is 0.636. The maximum Gasteiger partial charge on any atom is 0.410 e. The van der Waals surface area contributed by atoms with E-state index in [1.54, 1.807) is 0 Å². The van der Waals surface area contributed by atoms with E-state index in [2.05, 4.69) is 6.58 Å². The molecule has 0 aromatic heterocycles. The van der Waals surface area contributed by atoms with Crippen LogP contribution in [0.15, 0.2) is 12.7 Å². The number of amides is 1. The second-order valence-electron chi connectivity index (χ2n) is 3.98. The first-order valence-corrected chi connectivity index (χ1v) is 5.33. The number of ether oxygens (including phenoxy) is 1. The van der Waals surface area contributed by atoms with Crippen LogP contribution < -0.4 is 0 Å². The lowest BCUT2D eigenvalue weighted by Gasteiger charge is -2.35. The van der Waals surface area contributed by atoms with E-state index >= 15 is 0 Å². The molecule has 1 aliphatic heterocycles. The number of likely N-dealkylation sites (tertiary alicyclic amines) is 1. The molecular weight excluding hydrogens is 210 g/mol. The quantitative estimate of drug-likeness (QED) is 0.742. The van der Waals surface area contributed by atoms with Crippen LogP contribution in [0.2, 0.25) is 0 Å². The Morgan fingerprint density at radius 1 is 1.56 bits per heavy atom. The molecule has 0 aromatic rings. The molecule has 0 aromatic carbocycles. The lowest BCUT2D eigenvalue weighted by Crippen LogP contribution is -2.47. The summed E-state index contributed by atoms with van der Waals surface area (Å²) in [5.41, 5.74) is 0. The summed E-state index contributed by atoms with van der Waals surface area (Å²) in [6.07, 6.45) is 2.33. The third kappa shape index (κ3) is 2.98. The Morgan fingerprint density at radius 3 is 2.81 bits per heavy atom. The number of piperidine rings is 1. The molecule has 1 rings (SSSR count). The van der Waals surface area contributed by atoms with Gasteiger partial charge in [-0.25, -0.2) is 4.79 Å². The van der Waals surface area contributed by atoms with Crippen molar-refractivity contribution in [2.75, 3.05) is 13.2 Å². The molecular formula is C11H17NO4. The van der Waals surface area contributed by atoms with Crippen LogP contribution in [0.3, 0.4) is 0 Å². The Labute approximate surface area is 94.7 Å². The van der Waals surface area contributed by atoms with E-state index in [-0.39, 0.29) is 19.2 Å². The van der Waals surface area contributed by atoms with Crippen molar-refractivity contribution in [3.05, 3.63) is 12.7 Å². The Hall–Kier alpha value is -1.52. The largest absolute Gasteiger partial charge is 0.481 e. The van der Waals surface area contributed by atoms with Gasteiger partial charge >= 0.3 is 12.1 Å². The van der Waals surface area contributed by atoms with Gasteiger partial charge in [0.25, 0.3) is 0 Å². The smallest absolute Gasteiger partial charge is 0.410 e. The monoisotopic (exact) mass is 227 g/mol. The third-order valence-electron chi connectivity index (χ3n) is 2.79. The average Bonchev–Trinajstić information content (AvgIpc) is 2.26. The minimum absolute atomic E-state index is 0.0351. The Balaban J connectivity index is 2.58. The van der Waals surface area contributed by atoms with Gasteiger partial charge in [-0.1, -0.05) is 12.7 Å². The predicted molar refractivity (Wildman–Crippen MR) is 58.1 cm³/mol. The van der Waals surface area contributed by atoms with E-state index in [0.717, 1.165) is 0 Å². The van der Waals surface area contributed by atoms with Crippen LogP contribution >= 0.6 is 0 Å². The highest BCUT2D eigenvalue weighted by atomic mass is 16.6. The van der Waals surface area contributed by atoms with Crippen LogP contribution in [0.5, 0.6) is 0 Å². The van der Waals surface area contributed by atoms with Crippen molar-refractivity contribution in [2.45, 2.75) is 25.8 Å². The van der Waals surface area contributed by atoms with Gasteiger partial charge in [-0.05, 0) is 19.8 Å². The van der Waals surface area contributed by atoms with Crippen LogP contribution in [0.25, 0.3) is 0 Å². The maximum absolute atomic E-state index is 11.6. The molecule has 0 spiro atoms. The minimum atomic E-state index is -0.853. The van der Waals surface area contributed by atoms with Crippen molar-refractivity contribution in [3.63, 3.8) is 0 Å². The van der Waals surface area contributed by atoms with E-state index in [1.807, 2.05) is 6.92 Å². The Morgan fingerprint density at radius 2 is 2.25 bits per heavy atom. The van der Waals surface area contributed by atoms with Gasteiger partial charge in [0.15, 0.2) is 0 Å². The lowest BCUT2D eigenvalue weighted by molar-refractivity contribution is -0.143. The molecule has 1 fully saturated rings. The number of carbonyl (C=O) groups excluding carboxylic acids is 1. The van der Waals surface area contributed by atoms with Crippen LogP contribution in [0.4, 0.5) is 4.79 Å². The third-order valence-corrected chi connectivity index (χ3v) is 2.79. The molecule has 0 aliphatic carbocycles. The van der Waals surface area contributed by atoms with Crippen molar-refractivity contribution in [1.29, 1.82) is 0 Å². The summed E-state index contributed by atoms with van der Waals surface area (Å²) in [5.74, 6) is -1.33. The van der Waals surface area contributed by atoms with Gasteiger partial charge in [0, 0.05) is 12.6 Å². The molecule has 1 saturated heterocycles. The summed E-state index contributed by atoms with van der Waals surface area (Å²) in [6, 6.07) is 0.0351. The van der Waals surface area contributed by atoms with Crippen molar-refractivity contribution in [2.24, 2.45) is 5.92 Å². The van der Waals surface area contributed by atoms with E-state index < -0.39 is 18.0 Å². The van der Waals surface area contributed by atoms with Gasteiger partial charge in [-0.15, -0.1) is 0 Å². The molecule has 1 aliphatic rings. The molecule has 16 heavy (non-hydrogen) atoms. The van der Waals surface area contributed by atoms with Gasteiger partial charge < -0.3 is 14.7 Å². The Bertz CT molecular complexity index is 290. The molecule has 1 heterocycles. The van der Waals surface area contributed by atoms with Gasteiger partial charge in [-0.3, -0.25) is 4.79 Å². The molecule has 0 saturated carbocycles. The van der Waals surface area contributed by atoms with Crippen LogP contribution in [-0.4, -0.2) is 41.3 Å². The average molecular weight is 227 g/mol. The first kappa shape index (κ1) is 12.5. The maximum atomic E-state index is 11.6. The fourth-order valence-electron chi connectivity index (χ4n) is 1.78. The zero-order chi connectivity index (χ0) is 12.1. The highest BCUT2D eigenvalue weighted by Gasteiger charge is 2.33. The van der Waals surface area contributed by atoms with Crippen LogP contribution in [-0.2, 0) is 9.53 Å². The van der Waals surface area contributed by atoms with Crippen LogP contribution in [0, 0.1) is 5.92 Å². The summed E-state index contributed by atoms with van der Waals surface area (Å²) >= 11 is 0. The van der Waals surface area contributed by atoms with Crippen molar-refractivity contribution in [1.82, 2.24) is 4.90 Å². The predicted octanol–water partition coefficient (Wildman–Crippen LogP) is 1.49. The number of carbonyl (C=O) groups is 2. The number of carboxylic acids is 1. The minimum Gasteiger partial charge on any atom is -0.481 e. The summed E-state index contributed by atoms with van der Waals surface area (Å²) in [7, 11) is 0. The highest BCUT2D eigenvalue weighted by Crippen LogP contribution is 2.22. The number of hydrogen-bond donors (Lipinski definition) is 1. The second-order valence-corrected chi connectivity index (χ2v) is 3.98. The zero-order valence-corrected chi connectivity index (χ0v) is 9.39. The topological polar surface area (TPSA) is 66.8 Å². The SMILES string of the molecule is C=CCOC(=O)N1C[C@@H](C(=O)O)CC[C@H]1C. The number of aliphatic carboxylic acids is 1. The summed E-state index contributed by atoms with van der Waals surface area (Å²) in [5, 5.41) is 8.91. The molecule has 5 nitrogen and oxygen atoms in total. The summed E-state index contributed by atoms with van der Waals surface area (Å²) in [6.45, 7) is 5.73. The van der Waals surface area contributed by atoms with Crippen molar-refractivity contribution >= 4 is 12.1 Å². The molecule has 1 N–H and O–H groups in total. The first-order chi connectivity index (χ1) is 7.56. The number of hydrogen-bond acceptors (Lipinski definition) is 3. The molecule has 1 amide bonds. The summed E-state index contributed by atoms with van der Waals surface area (Å²) in [4.78, 5) is 23.9. The molecule has 5 heteroatoms. The number of rotatable bonds is 3. The van der Waals surface area contributed by atoms with Crippen molar-refractivity contribution < 1.29 is 19.4 Å². The van der Waals surface area contributed by atoms with E-state index in [0.29, 0.717) is 12.8 Å². The van der Waals surface area contributed by atoms with Gasteiger partial charge in [0.2, 0.25) is 0 Å². The number of carboxylic acid groups (broad SMARTS) is 1.